The van der Waals surface area contributed by atoms with Crippen molar-refractivity contribution in [2.45, 2.75) is 50.7 Å². The molecule has 3 aromatic rings. The van der Waals surface area contributed by atoms with E-state index in [0.29, 0.717) is 12.1 Å². The summed E-state index contributed by atoms with van der Waals surface area (Å²) in [6.45, 7) is 1.09. The van der Waals surface area contributed by atoms with E-state index in [1.165, 1.54) is 47.6 Å². The standard InChI is InChI=1S/C26H27N/c1-2-7-20(8-3-1)19-27-25-11-6-12-26(27)18-22(17-25)15-21-13-14-23-9-4-5-10-24(23)16-21/h1-5,7-10,13-14,16-17,25-26H,6,11-12,15,18-19H2. The van der Waals surface area contributed by atoms with Gasteiger partial charge in [-0.2, -0.15) is 0 Å². The van der Waals surface area contributed by atoms with E-state index in [0.717, 1.165) is 13.0 Å². The van der Waals surface area contributed by atoms with Crippen molar-refractivity contribution >= 4 is 10.8 Å². The maximum atomic E-state index is 2.75. The largest absolute Gasteiger partial charge is 0.289 e. The van der Waals surface area contributed by atoms with Gasteiger partial charge >= 0.3 is 0 Å². The Morgan fingerprint density at radius 2 is 1.59 bits per heavy atom. The van der Waals surface area contributed by atoms with Gasteiger partial charge in [0.05, 0.1) is 0 Å². The minimum atomic E-state index is 0.619. The summed E-state index contributed by atoms with van der Waals surface area (Å²) in [4.78, 5) is 2.75. The van der Waals surface area contributed by atoms with Crippen molar-refractivity contribution in [2.75, 3.05) is 0 Å². The zero-order valence-corrected chi connectivity index (χ0v) is 15.9. The molecule has 2 aliphatic rings. The normalized spacial score (nSPS) is 22.6. The maximum Gasteiger partial charge on any atom is 0.0287 e. The van der Waals surface area contributed by atoms with Gasteiger partial charge < -0.3 is 0 Å². The van der Waals surface area contributed by atoms with Gasteiger partial charge in [-0.15, -0.1) is 0 Å². The molecule has 1 fully saturated rings. The van der Waals surface area contributed by atoms with Crippen LogP contribution >= 0.6 is 0 Å². The fourth-order valence-electron chi connectivity index (χ4n) is 4.99. The van der Waals surface area contributed by atoms with Gasteiger partial charge in [-0.1, -0.05) is 90.9 Å². The molecule has 3 aromatic carbocycles. The van der Waals surface area contributed by atoms with Crippen LogP contribution in [0.4, 0.5) is 0 Å². The predicted molar refractivity (Wildman–Crippen MR) is 114 cm³/mol. The van der Waals surface area contributed by atoms with Crippen molar-refractivity contribution in [3.05, 3.63) is 95.6 Å². The molecule has 2 atom stereocenters. The van der Waals surface area contributed by atoms with Crippen molar-refractivity contribution in [1.29, 1.82) is 0 Å². The minimum Gasteiger partial charge on any atom is -0.289 e. The Hall–Kier alpha value is -2.38. The van der Waals surface area contributed by atoms with E-state index in [1.807, 2.05) is 0 Å². The maximum absolute atomic E-state index is 2.75. The third kappa shape index (κ3) is 3.57. The van der Waals surface area contributed by atoms with E-state index >= 15 is 0 Å². The van der Waals surface area contributed by atoms with Crippen LogP contribution in [0.15, 0.2) is 84.4 Å². The van der Waals surface area contributed by atoms with Crippen LogP contribution < -0.4 is 0 Å². The van der Waals surface area contributed by atoms with E-state index in [1.54, 1.807) is 5.57 Å². The highest BCUT2D eigenvalue weighted by Crippen LogP contribution is 2.35. The van der Waals surface area contributed by atoms with Crippen LogP contribution in [0.1, 0.15) is 36.8 Å². The molecule has 2 bridgehead atoms. The van der Waals surface area contributed by atoms with E-state index in [2.05, 4.69) is 83.8 Å². The fraction of sp³-hybridized carbons (Fsp3) is 0.308. The molecule has 2 unspecified atom stereocenters. The van der Waals surface area contributed by atoms with Gasteiger partial charge in [-0.05, 0) is 47.6 Å². The van der Waals surface area contributed by atoms with Gasteiger partial charge in [-0.25, -0.2) is 0 Å². The summed E-state index contributed by atoms with van der Waals surface area (Å²) in [5.74, 6) is 0. The second kappa shape index (κ2) is 7.32. The zero-order chi connectivity index (χ0) is 18.1. The first kappa shape index (κ1) is 16.8. The lowest BCUT2D eigenvalue weighted by Crippen LogP contribution is -2.48. The molecule has 136 valence electrons. The van der Waals surface area contributed by atoms with Gasteiger partial charge in [0.1, 0.15) is 0 Å². The number of hydrogen-bond acceptors (Lipinski definition) is 1. The lowest BCUT2D eigenvalue weighted by atomic mass is 9.82. The van der Waals surface area contributed by atoms with Crippen LogP contribution in [-0.4, -0.2) is 17.0 Å². The molecule has 0 saturated carbocycles. The summed E-state index contributed by atoms with van der Waals surface area (Å²) < 4.78 is 0. The summed E-state index contributed by atoms with van der Waals surface area (Å²) in [6, 6.07) is 28.0. The van der Waals surface area contributed by atoms with Gasteiger partial charge in [0, 0.05) is 18.6 Å². The Labute approximate surface area is 162 Å². The lowest BCUT2D eigenvalue weighted by Gasteiger charge is -2.45. The lowest BCUT2D eigenvalue weighted by molar-refractivity contribution is 0.0880. The molecule has 2 heterocycles. The third-order valence-corrected chi connectivity index (χ3v) is 6.31. The van der Waals surface area contributed by atoms with Crippen molar-refractivity contribution in [3.8, 4) is 0 Å². The number of hydrogen-bond donors (Lipinski definition) is 0. The second-order valence-corrected chi connectivity index (χ2v) is 8.20. The highest BCUT2D eigenvalue weighted by Gasteiger charge is 2.33. The number of fused-ring (bicyclic) bond motifs is 3. The fourth-order valence-corrected chi connectivity index (χ4v) is 4.99. The van der Waals surface area contributed by atoms with Crippen LogP contribution in [0.25, 0.3) is 10.8 Å². The Morgan fingerprint density at radius 1 is 0.778 bits per heavy atom. The van der Waals surface area contributed by atoms with Crippen LogP contribution in [0.2, 0.25) is 0 Å². The van der Waals surface area contributed by atoms with Crippen LogP contribution in [-0.2, 0) is 13.0 Å². The smallest absolute Gasteiger partial charge is 0.0287 e. The molecule has 1 heteroatoms. The molecule has 0 radical (unpaired) electrons. The SMILES string of the molecule is C1=C(Cc2ccc3ccccc3c2)CC2CCCC1N2Cc1ccccc1. The van der Waals surface area contributed by atoms with E-state index < -0.39 is 0 Å². The second-order valence-electron chi connectivity index (χ2n) is 8.20. The molecule has 0 aromatic heterocycles. The molecule has 0 aliphatic carbocycles. The molecular formula is C26H27N. The summed E-state index contributed by atoms with van der Waals surface area (Å²) in [5, 5.41) is 2.70. The average molecular weight is 354 g/mol. The van der Waals surface area contributed by atoms with Crippen LogP contribution in [0.5, 0.6) is 0 Å². The first-order valence-electron chi connectivity index (χ1n) is 10.3. The van der Waals surface area contributed by atoms with Gasteiger partial charge in [-0.3, -0.25) is 4.90 Å². The number of rotatable bonds is 4. The molecular weight excluding hydrogens is 326 g/mol. The quantitative estimate of drug-likeness (QED) is 0.510. The van der Waals surface area contributed by atoms with Crippen molar-refractivity contribution in [2.24, 2.45) is 0 Å². The first-order chi connectivity index (χ1) is 13.3. The highest BCUT2D eigenvalue weighted by atomic mass is 15.2. The molecule has 5 rings (SSSR count). The van der Waals surface area contributed by atoms with E-state index in [4.69, 9.17) is 0 Å². The summed E-state index contributed by atoms with van der Waals surface area (Å²) in [6.07, 6.45) is 8.96. The molecule has 1 nitrogen and oxygen atoms in total. The Morgan fingerprint density at radius 3 is 2.44 bits per heavy atom. The molecule has 0 spiro atoms. The van der Waals surface area contributed by atoms with Gasteiger partial charge in [0.2, 0.25) is 0 Å². The van der Waals surface area contributed by atoms with Crippen molar-refractivity contribution < 1.29 is 0 Å². The summed E-state index contributed by atoms with van der Waals surface area (Å²) in [5.41, 5.74) is 4.54. The van der Waals surface area contributed by atoms with Crippen LogP contribution in [0.3, 0.4) is 0 Å². The molecule has 2 aliphatic heterocycles. The van der Waals surface area contributed by atoms with Crippen molar-refractivity contribution in [3.63, 3.8) is 0 Å². The van der Waals surface area contributed by atoms with Gasteiger partial charge in [0.15, 0.2) is 0 Å². The van der Waals surface area contributed by atoms with Crippen molar-refractivity contribution in [1.82, 2.24) is 4.90 Å². The minimum absolute atomic E-state index is 0.619. The highest BCUT2D eigenvalue weighted by molar-refractivity contribution is 5.83. The number of nitrogens with zero attached hydrogens (tertiary/aromatic N) is 1. The van der Waals surface area contributed by atoms with Gasteiger partial charge in [0.25, 0.3) is 0 Å². The van der Waals surface area contributed by atoms with E-state index in [9.17, 15) is 0 Å². The topological polar surface area (TPSA) is 3.24 Å². The average Bonchev–Trinajstić information content (AvgIpc) is 2.69. The monoisotopic (exact) mass is 353 g/mol. The molecule has 0 amide bonds. The number of benzene rings is 3. The summed E-state index contributed by atoms with van der Waals surface area (Å²) >= 11 is 0. The first-order valence-corrected chi connectivity index (χ1v) is 10.3. The number of piperidine rings is 1. The Bertz CT molecular complexity index is 956. The Balaban J connectivity index is 1.36. The zero-order valence-electron chi connectivity index (χ0n) is 15.9. The summed E-state index contributed by atoms with van der Waals surface area (Å²) in [7, 11) is 0. The molecule has 27 heavy (non-hydrogen) atoms. The Kier molecular flexibility index (Phi) is 4.55. The molecule has 1 saturated heterocycles. The molecule has 0 N–H and O–H groups in total. The third-order valence-electron chi connectivity index (χ3n) is 6.31. The van der Waals surface area contributed by atoms with E-state index in [-0.39, 0.29) is 0 Å². The van der Waals surface area contributed by atoms with Crippen LogP contribution in [0, 0.1) is 0 Å². The predicted octanol–water partition coefficient (Wildman–Crippen LogP) is 6.14.